The van der Waals surface area contributed by atoms with Crippen molar-refractivity contribution in [1.29, 1.82) is 0 Å². The lowest BCUT2D eigenvalue weighted by Gasteiger charge is -2.35. The first-order chi connectivity index (χ1) is 8.47. The van der Waals surface area contributed by atoms with Crippen molar-refractivity contribution in [2.24, 2.45) is 0 Å². The zero-order valence-corrected chi connectivity index (χ0v) is 10.3. The van der Waals surface area contributed by atoms with Crippen LogP contribution in [0.3, 0.4) is 0 Å². The van der Waals surface area contributed by atoms with Crippen molar-refractivity contribution >= 4 is 5.91 Å². The lowest BCUT2D eigenvalue weighted by atomic mass is 10.1. The molecule has 1 aromatic rings. The SMILES string of the molecule is CC1CN(C(=O)c2c[nH]c(=O)[nH]c2=O)CC(C)N1. The second kappa shape index (κ2) is 4.77. The Morgan fingerprint density at radius 1 is 1.28 bits per heavy atom. The standard InChI is InChI=1S/C11H16N4O3/c1-6-4-15(5-7(2)13-6)10(17)8-3-12-11(18)14-9(8)16/h3,6-7,13H,4-5H2,1-2H3,(H2,12,14,16,18). The van der Waals surface area contributed by atoms with Crippen LogP contribution >= 0.6 is 0 Å². The van der Waals surface area contributed by atoms with Crippen LogP contribution < -0.4 is 16.6 Å². The molecule has 7 heteroatoms. The molecular formula is C11H16N4O3. The van der Waals surface area contributed by atoms with Gasteiger partial charge in [-0.05, 0) is 13.8 Å². The maximum absolute atomic E-state index is 12.2. The average Bonchev–Trinajstić information content (AvgIpc) is 2.26. The van der Waals surface area contributed by atoms with Crippen molar-refractivity contribution in [3.05, 3.63) is 32.6 Å². The molecule has 7 nitrogen and oxygen atoms in total. The molecule has 1 aliphatic rings. The molecule has 0 aliphatic carbocycles. The normalized spacial score (nSPS) is 24.0. The Balaban J connectivity index is 2.25. The topological polar surface area (TPSA) is 98.1 Å². The van der Waals surface area contributed by atoms with Crippen molar-refractivity contribution in [2.45, 2.75) is 25.9 Å². The average molecular weight is 252 g/mol. The van der Waals surface area contributed by atoms with Crippen LogP contribution in [0, 0.1) is 0 Å². The Morgan fingerprint density at radius 3 is 2.44 bits per heavy atom. The maximum Gasteiger partial charge on any atom is 0.325 e. The van der Waals surface area contributed by atoms with Crippen LogP contribution in [0.25, 0.3) is 0 Å². The van der Waals surface area contributed by atoms with Crippen LogP contribution in [0.15, 0.2) is 15.8 Å². The molecule has 2 rings (SSSR count). The van der Waals surface area contributed by atoms with Gasteiger partial charge in [-0.1, -0.05) is 0 Å². The van der Waals surface area contributed by atoms with Gasteiger partial charge in [-0.3, -0.25) is 14.6 Å². The zero-order valence-electron chi connectivity index (χ0n) is 10.3. The van der Waals surface area contributed by atoms with E-state index >= 15 is 0 Å². The van der Waals surface area contributed by atoms with Crippen molar-refractivity contribution in [3.8, 4) is 0 Å². The minimum Gasteiger partial charge on any atom is -0.335 e. The van der Waals surface area contributed by atoms with Crippen LogP contribution in [0.5, 0.6) is 0 Å². The van der Waals surface area contributed by atoms with E-state index in [1.54, 1.807) is 4.90 Å². The molecule has 98 valence electrons. The third-order valence-corrected chi connectivity index (χ3v) is 2.89. The quantitative estimate of drug-likeness (QED) is 0.590. The molecule has 0 aromatic carbocycles. The minimum atomic E-state index is -0.650. The largest absolute Gasteiger partial charge is 0.335 e. The van der Waals surface area contributed by atoms with Crippen LogP contribution in [0.4, 0.5) is 0 Å². The lowest BCUT2D eigenvalue weighted by molar-refractivity contribution is 0.0671. The van der Waals surface area contributed by atoms with Crippen LogP contribution in [-0.4, -0.2) is 45.9 Å². The summed E-state index contributed by atoms with van der Waals surface area (Å²) < 4.78 is 0. The highest BCUT2D eigenvalue weighted by Gasteiger charge is 2.26. The van der Waals surface area contributed by atoms with Gasteiger partial charge >= 0.3 is 5.69 Å². The fraction of sp³-hybridized carbons (Fsp3) is 0.545. The van der Waals surface area contributed by atoms with Crippen molar-refractivity contribution in [3.63, 3.8) is 0 Å². The molecule has 1 saturated heterocycles. The molecule has 2 heterocycles. The molecule has 1 aliphatic heterocycles. The van der Waals surface area contributed by atoms with Gasteiger partial charge in [0.1, 0.15) is 5.56 Å². The second-order valence-electron chi connectivity index (χ2n) is 4.66. The Kier molecular flexibility index (Phi) is 3.33. The zero-order chi connectivity index (χ0) is 13.3. The number of nitrogens with one attached hydrogen (secondary N) is 3. The summed E-state index contributed by atoms with van der Waals surface area (Å²) in [6, 6.07) is 0.360. The van der Waals surface area contributed by atoms with E-state index in [-0.39, 0.29) is 23.6 Å². The molecule has 1 fully saturated rings. The lowest BCUT2D eigenvalue weighted by Crippen LogP contribution is -2.56. The predicted molar refractivity (Wildman–Crippen MR) is 65.6 cm³/mol. The predicted octanol–water partition coefficient (Wildman–Crippen LogP) is -1.11. The summed E-state index contributed by atoms with van der Waals surface area (Å²) in [4.78, 5) is 40.6. The molecule has 1 amide bonds. The van der Waals surface area contributed by atoms with Gasteiger partial charge in [0.2, 0.25) is 0 Å². The van der Waals surface area contributed by atoms with E-state index in [9.17, 15) is 14.4 Å². The van der Waals surface area contributed by atoms with Gasteiger partial charge in [0.15, 0.2) is 0 Å². The van der Waals surface area contributed by atoms with E-state index in [2.05, 4.69) is 15.3 Å². The Bertz CT molecular complexity index is 552. The number of piperazine rings is 1. The van der Waals surface area contributed by atoms with Crippen molar-refractivity contribution in [2.75, 3.05) is 13.1 Å². The monoisotopic (exact) mass is 252 g/mol. The van der Waals surface area contributed by atoms with Crippen LogP contribution in [0.1, 0.15) is 24.2 Å². The molecule has 0 spiro atoms. The number of rotatable bonds is 1. The van der Waals surface area contributed by atoms with Crippen molar-refractivity contribution in [1.82, 2.24) is 20.2 Å². The summed E-state index contributed by atoms with van der Waals surface area (Å²) >= 11 is 0. The molecule has 2 unspecified atom stereocenters. The molecular weight excluding hydrogens is 236 g/mol. The first-order valence-corrected chi connectivity index (χ1v) is 5.84. The van der Waals surface area contributed by atoms with Gasteiger partial charge < -0.3 is 15.2 Å². The number of H-pyrrole nitrogens is 2. The molecule has 0 bridgehead atoms. The Morgan fingerprint density at radius 2 is 1.89 bits per heavy atom. The third-order valence-electron chi connectivity index (χ3n) is 2.89. The molecule has 1 aromatic heterocycles. The third kappa shape index (κ3) is 2.51. The van der Waals surface area contributed by atoms with E-state index in [1.165, 1.54) is 6.20 Å². The molecule has 3 N–H and O–H groups in total. The second-order valence-corrected chi connectivity index (χ2v) is 4.66. The van der Waals surface area contributed by atoms with Crippen molar-refractivity contribution < 1.29 is 4.79 Å². The smallest absolute Gasteiger partial charge is 0.325 e. The summed E-state index contributed by atoms with van der Waals surface area (Å²) in [6.45, 7) is 5.05. The van der Waals surface area contributed by atoms with E-state index < -0.39 is 11.2 Å². The summed E-state index contributed by atoms with van der Waals surface area (Å²) in [6.07, 6.45) is 1.17. The number of amides is 1. The Hall–Kier alpha value is -1.89. The summed E-state index contributed by atoms with van der Waals surface area (Å²) in [5.74, 6) is -0.354. The molecule has 18 heavy (non-hydrogen) atoms. The van der Waals surface area contributed by atoms with E-state index in [1.807, 2.05) is 13.8 Å². The van der Waals surface area contributed by atoms with E-state index in [4.69, 9.17) is 0 Å². The highest BCUT2D eigenvalue weighted by atomic mass is 16.2. The molecule has 2 atom stereocenters. The van der Waals surface area contributed by atoms with Gasteiger partial charge in [0.05, 0.1) is 0 Å². The first kappa shape index (κ1) is 12.6. The van der Waals surface area contributed by atoms with Gasteiger partial charge in [-0.2, -0.15) is 0 Å². The summed E-state index contributed by atoms with van der Waals surface area (Å²) in [7, 11) is 0. The number of carbonyl (C=O) groups excluding carboxylic acids is 1. The fourth-order valence-corrected chi connectivity index (χ4v) is 2.23. The first-order valence-electron chi connectivity index (χ1n) is 5.84. The maximum atomic E-state index is 12.2. The summed E-state index contributed by atoms with van der Waals surface area (Å²) in [5, 5.41) is 3.30. The fourth-order valence-electron chi connectivity index (χ4n) is 2.23. The molecule has 0 saturated carbocycles. The van der Waals surface area contributed by atoms with E-state index in [0.29, 0.717) is 13.1 Å². The Labute approximate surface area is 103 Å². The van der Waals surface area contributed by atoms with E-state index in [0.717, 1.165) is 0 Å². The number of carbonyl (C=O) groups is 1. The van der Waals surface area contributed by atoms with Gasteiger partial charge in [0.25, 0.3) is 11.5 Å². The van der Waals surface area contributed by atoms with Gasteiger partial charge in [0, 0.05) is 31.4 Å². The molecule has 0 radical (unpaired) electrons. The van der Waals surface area contributed by atoms with Gasteiger partial charge in [-0.15, -0.1) is 0 Å². The number of nitrogens with zero attached hydrogens (tertiary/aromatic N) is 1. The van der Waals surface area contributed by atoms with Gasteiger partial charge in [-0.25, -0.2) is 4.79 Å². The highest BCUT2D eigenvalue weighted by molar-refractivity contribution is 5.93. The summed E-state index contributed by atoms with van der Waals surface area (Å²) in [5.41, 5.74) is -1.29. The minimum absolute atomic E-state index is 0.0316. The number of hydrogen-bond donors (Lipinski definition) is 3. The van der Waals surface area contributed by atoms with Crippen LogP contribution in [-0.2, 0) is 0 Å². The number of aromatic nitrogens is 2. The highest BCUT2D eigenvalue weighted by Crippen LogP contribution is 2.07. The van der Waals surface area contributed by atoms with Crippen LogP contribution in [0.2, 0.25) is 0 Å². The number of hydrogen-bond acceptors (Lipinski definition) is 4. The number of aromatic amines is 2.